The SMILES string of the molecule is COCOc1cccc(C/C=C(/C)COC2CCCCO2)c1OCOC. The van der Waals surface area contributed by atoms with Crippen molar-refractivity contribution < 1.29 is 28.4 Å². The highest BCUT2D eigenvalue weighted by atomic mass is 16.7. The van der Waals surface area contributed by atoms with Crippen LogP contribution in [0.1, 0.15) is 31.7 Å². The fourth-order valence-corrected chi connectivity index (χ4v) is 2.65. The number of rotatable bonds is 11. The molecule has 2 rings (SSSR count). The monoisotopic (exact) mass is 366 g/mol. The molecule has 0 radical (unpaired) electrons. The Labute approximate surface area is 156 Å². The summed E-state index contributed by atoms with van der Waals surface area (Å²) in [4.78, 5) is 0. The zero-order valence-corrected chi connectivity index (χ0v) is 16.0. The lowest BCUT2D eigenvalue weighted by molar-refractivity contribution is -0.156. The van der Waals surface area contributed by atoms with Crippen LogP contribution in [-0.2, 0) is 25.4 Å². The van der Waals surface area contributed by atoms with Gasteiger partial charge in [0.25, 0.3) is 0 Å². The Kier molecular flexibility index (Phi) is 9.48. The minimum atomic E-state index is -0.0709. The van der Waals surface area contributed by atoms with Crippen LogP contribution in [0.4, 0.5) is 0 Å². The Bertz CT molecular complexity index is 551. The smallest absolute Gasteiger partial charge is 0.188 e. The van der Waals surface area contributed by atoms with Crippen molar-refractivity contribution in [3.05, 3.63) is 35.4 Å². The van der Waals surface area contributed by atoms with Gasteiger partial charge in [0.05, 0.1) is 6.61 Å². The highest BCUT2D eigenvalue weighted by Crippen LogP contribution is 2.32. The summed E-state index contributed by atoms with van der Waals surface area (Å²) in [5.41, 5.74) is 2.17. The van der Waals surface area contributed by atoms with Crippen molar-refractivity contribution in [3.63, 3.8) is 0 Å². The van der Waals surface area contributed by atoms with Crippen LogP contribution in [0.15, 0.2) is 29.8 Å². The molecule has 1 aromatic rings. The van der Waals surface area contributed by atoms with Crippen LogP contribution in [0.2, 0.25) is 0 Å². The first-order chi connectivity index (χ1) is 12.7. The zero-order chi connectivity index (χ0) is 18.6. The standard InChI is InChI=1S/C20H30O6/c1-16(13-24-19-9-4-5-12-23-19)10-11-17-7-6-8-18(25-14-21-2)20(17)26-15-22-3/h6-8,10,19H,4-5,9,11-15H2,1-3H3/b16-10-. The van der Waals surface area contributed by atoms with E-state index in [4.69, 9.17) is 28.4 Å². The molecular formula is C20H30O6. The van der Waals surface area contributed by atoms with E-state index in [0.717, 1.165) is 30.6 Å². The number of allylic oxidation sites excluding steroid dienone is 1. The highest BCUT2D eigenvalue weighted by Gasteiger charge is 2.14. The number of hydrogen-bond donors (Lipinski definition) is 0. The average Bonchev–Trinajstić information content (AvgIpc) is 2.68. The minimum Gasteiger partial charge on any atom is -0.464 e. The third-order valence-electron chi connectivity index (χ3n) is 4.02. The first kappa shape index (κ1) is 20.7. The normalized spacial score (nSPS) is 18.0. The second-order valence-electron chi connectivity index (χ2n) is 6.21. The van der Waals surface area contributed by atoms with E-state index in [-0.39, 0.29) is 19.9 Å². The molecule has 0 aliphatic carbocycles. The molecule has 0 spiro atoms. The molecule has 1 heterocycles. The van der Waals surface area contributed by atoms with Crippen LogP contribution >= 0.6 is 0 Å². The summed E-state index contributed by atoms with van der Waals surface area (Å²) < 4.78 is 32.7. The van der Waals surface area contributed by atoms with Gasteiger partial charge in [-0.15, -0.1) is 0 Å². The summed E-state index contributed by atoms with van der Waals surface area (Å²) in [6.07, 6.45) is 6.05. The van der Waals surface area contributed by atoms with Gasteiger partial charge in [-0.1, -0.05) is 23.8 Å². The van der Waals surface area contributed by atoms with Crippen molar-refractivity contribution in [2.24, 2.45) is 0 Å². The molecule has 1 atom stereocenters. The van der Waals surface area contributed by atoms with Crippen molar-refractivity contribution in [1.82, 2.24) is 0 Å². The number of methoxy groups -OCH3 is 2. The molecule has 26 heavy (non-hydrogen) atoms. The van der Waals surface area contributed by atoms with Gasteiger partial charge in [0, 0.05) is 26.4 Å². The molecule has 1 aliphatic rings. The third-order valence-corrected chi connectivity index (χ3v) is 4.02. The molecule has 1 fully saturated rings. The van der Waals surface area contributed by atoms with E-state index in [1.54, 1.807) is 14.2 Å². The molecule has 0 bridgehead atoms. The van der Waals surface area contributed by atoms with Crippen molar-refractivity contribution >= 4 is 0 Å². The molecular weight excluding hydrogens is 336 g/mol. The molecule has 146 valence electrons. The lowest BCUT2D eigenvalue weighted by Gasteiger charge is -2.22. The fourth-order valence-electron chi connectivity index (χ4n) is 2.65. The van der Waals surface area contributed by atoms with Gasteiger partial charge in [0.1, 0.15) is 0 Å². The Morgan fingerprint density at radius 2 is 1.96 bits per heavy atom. The molecule has 0 N–H and O–H groups in total. The Morgan fingerprint density at radius 3 is 2.69 bits per heavy atom. The van der Waals surface area contributed by atoms with Gasteiger partial charge in [-0.25, -0.2) is 0 Å². The Morgan fingerprint density at radius 1 is 1.15 bits per heavy atom. The van der Waals surface area contributed by atoms with E-state index < -0.39 is 0 Å². The predicted molar refractivity (Wildman–Crippen MR) is 98.5 cm³/mol. The summed E-state index contributed by atoms with van der Waals surface area (Å²) in [6, 6.07) is 5.81. The second kappa shape index (κ2) is 11.9. The van der Waals surface area contributed by atoms with E-state index in [2.05, 4.69) is 13.0 Å². The van der Waals surface area contributed by atoms with Gasteiger partial charge in [-0.05, 0) is 38.7 Å². The van der Waals surface area contributed by atoms with Crippen LogP contribution in [0.5, 0.6) is 11.5 Å². The molecule has 0 saturated carbocycles. The molecule has 1 saturated heterocycles. The lowest BCUT2D eigenvalue weighted by atomic mass is 10.1. The van der Waals surface area contributed by atoms with Gasteiger partial charge in [0.15, 0.2) is 31.4 Å². The fraction of sp³-hybridized carbons (Fsp3) is 0.600. The number of hydrogen-bond acceptors (Lipinski definition) is 6. The highest BCUT2D eigenvalue weighted by molar-refractivity contribution is 5.47. The molecule has 1 aliphatic heterocycles. The van der Waals surface area contributed by atoms with Crippen molar-refractivity contribution in [2.75, 3.05) is 41.0 Å². The van der Waals surface area contributed by atoms with Crippen molar-refractivity contribution in [1.29, 1.82) is 0 Å². The second-order valence-corrected chi connectivity index (χ2v) is 6.21. The topological polar surface area (TPSA) is 55.4 Å². The maximum atomic E-state index is 5.82. The predicted octanol–water partition coefficient (Wildman–Crippen LogP) is 3.68. The van der Waals surface area contributed by atoms with Gasteiger partial charge in [-0.2, -0.15) is 0 Å². The van der Waals surface area contributed by atoms with Crippen LogP contribution in [-0.4, -0.2) is 47.3 Å². The summed E-state index contributed by atoms with van der Waals surface area (Å²) in [5, 5.41) is 0. The van der Waals surface area contributed by atoms with E-state index in [9.17, 15) is 0 Å². The Balaban J connectivity index is 1.96. The average molecular weight is 366 g/mol. The quantitative estimate of drug-likeness (QED) is 0.440. The molecule has 6 nitrogen and oxygen atoms in total. The largest absolute Gasteiger partial charge is 0.464 e. The summed E-state index contributed by atoms with van der Waals surface area (Å²) in [7, 11) is 3.18. The Hall–Kier alpha value is -1.60. The molecule has 1 unspecified atom stereocenters. The zero-order valence-electron chi connectivity index (χ0n) is 16.0. The van der Waals surface area contributed by atoms with Crippen LogP contribution in [0.3, 0.4) is 0 Å². The number of ether oxygens (including phenoxy) is 6. The van der Waals surface area contributed by atoms with E-state index in [0.29, 0.717) is 24.5 Å². The minimum absolute atomic E-state index is 0.0709. The van der Waals surface area contributed by atoms with Crippen molar-refractivity contribution in [2.45, 2.75) is 38.9 Å². The molecule has 1 aromatic carbocycles. The van der Waals surface area contributed by atoms with Gasteiger partial charge in [-0.3, -0.25) is 0 Å². The number of benzene rings is 1. The molecule has 0 aromatic heterocycles. The van der Waals surface area contributed by atoms with Gasteiger partial charge in [0.2, 0.25) is 0 Å². The lowest BCUT2D eigenvalue weighted by Crippen LogP contribution is -2.22. The van der Waals surface area contributed by atoms with Crippen molar-refractivity contribution in [3.8, 4) is 11.5 Å². The van der Waals surface area contributed by atoms with Crippen LogP contribution in [0.25, 0.3) is 0 Å². The maximum absolute atomic E-state index is 5.82. The molecule has 6 heteroatoms. The third kappa shape index (κ3) is 6.96. The van der Waals surface area contributed by atoms with Gasteiger partial charge >= 0.3 is 0 Å². The van der Waals surface area contributed by atoms with Gasteiger partial charge < -0.3 is 28.4 Å². The molecule has 0 amide bonds. The summed E-state index contributed by atoms with van der Waals surface area (Å²) in [5.74, 6) is 1.31. The number of para-hydroxylation sites is 1. The van der Waals surface area contributed by atoms with Crippen LogP contribution < -0.4 is 9.47 Å². The van der Waals surface area contributed by atoms with E-state index in [1.807, 2.05) is 18.2 Å². The van der Waals surface area contributed by atoms with E-state index >= 15 is 0 Å². The maximum Gasteiger partial charge on any atom is 0.188 e. The first-order valence-electron chi connectivity index (χ1n) is 8.98. The first-order valence-corrected chi connectivity index (χ1v) is 8.98. The summed E-state index contributed by atoms with van der Waals surface area (Å²) in [6.45, 7) is 3.74. The van der Waals surface area contributed by atoms with E-state index in [1.165, 1.54) is 6.42 Å². The summed E-state index contributed by atoms with van der Waals surface area (Å²) >= 11 is 0. The van der Waals surface area contributed by atoms with Crippen LogP contribution in [0, 0.1) is 0 Å².